The Balaban J connectivity index is 1.95. The zero-order valence-corrected chi connectivity index (χ0v) is 18.3. The summed E-state index contributed by atoms with van der Waals surface area (Å²) in [4.78, 5) is 38.3. The van der Waals surface area contributed by atoms with Crippen LogP contribution in [0, 0.1) is 5.92 Å². The van der Waals surface area contributed by atoms with Crippen LogP contribution >= 0.6 is 34.8 Å². The maximum Gasteiger partial charge on any atom is 0.335 e. The molecule has 1 saturated heterocycles. The van der Waals surface area contributed by atoms with E-state index in [1.54, 1.807) is 0 Å². The zero-order chi connectivity index (χ0) is 22.0. The number of carbonyl (C=O) groups excluding carboxylic acids is 3. The summed E-state index contributed by atoms with van der Waals surface area (Å²) in [6.07, 6.45) is 1.32. The lowest BCUT2D eigenvalue weighted by Crippen LogP contribution is -2.54. The van der Waals surface area contributed by atoms with Crippen LogP contribution < -0.4 is 15.0 Å². The number of amides is 4. The molecule has 4 amide bonds. The second kappa shape index (κ2) is 9.08. The van der Waals surface area contributed by atoms with Crippen LogP contribution in [-0.2, 0) is 9.59 Å². The number of urea groups is 1. The minimum Gasteiger partial charge on any atom is -0.490 e. The summed E-state index contributed by atoms with van der Waals surface area (Å²) in [7, 11) is 0. The van der Waals surface area contributed by atoms with Crippen molar-refractivity contribution in [1.29, 1.82) is 0 Å². The molecule has 0 radical (unpaired) electrons. The maximum atomic E-state index is 12.9. The molecule has 0 saturated carbocycles. The third-order valence-corrected chi connectivity index (χ3v) is 4.89. The molecule has 1 heterocycles. The van der Waals surface area contributed by atoms with E-state index < -0.39 is 17.8 Å². The van der Waals surface area contributed by atoms with E-state index in [1.165, 1.54) is 42.5 Å². The summed E-state index contributed by atoms with van der Waals surface area (Å²) < 4.78 is 5.62. The van der Waals surface area contributed by atoms with Gasteiger partial charge in [0, 0.05) is 5.02 Å². The Labute approximate surface area is 188 Å². The number of imide groups is 2. The molecule has 156 valence electrons. The summed E-state index contributed by atoms with van der Waals surface area (Å²) in [6.45, 7) is 4.40. The van der Waals surface area contributed by atoms with Gasteiger partial charge in [-0.3, -0.25) is 14.9 Å². The second-order valence-corrected chi connectivity index (χ2v) is 8.20. The molecule has 0 spiro atoms. The number of halogens is 3. The molecule has 9 heteroatoms. The van der Waals surface area contributed by atoms with Crippen LogP contribution in [0.3, 0.4) is 0 Å². The van der Waals surface area contributed by atoms with E-state index >= 15 is 0 Å². The highest BCUT2D eigenvalue weighted by molar-refractivity contribution is 6.40. The average molecular weight is 468 g/mol. The number of carbonyl (C=O) groups is 3. The van der Waals surface area contributed by atoms with E-state index in [2.05, 4.69) is 5.32 Å². The van der Waals surface area contributed by atoms with E-state index in [1.807, 2.05) is 13.8 Å². The molecule has 0 atom stereocenters. The summed E-state index contributed by atoms with van der Waals surface area (Å²) in [5.74, 6) is -0.994. The molecular weight excluding hydrogens is 451 g/mol. The zero-order valence-electron chi connectivity index (χ0n) is 16.0. The van der Waals surface area contributed by atoms with Gasteiger partial charge in [0.1, 0.15) is 5.57 Å². The lowest BCUT2D eigenvalue weighted by Gasteiger charge is -2.26. The molecule has 1 aliphatic heterocycles. The molecule has 2 aromatic carbocycles. The third kappa shape index (κ3) is 4.78. The number of anilines is 1. The maximum absolute atomic E-state index is 12.9. The predicted molar refractivity (Wildman–Crippen MR) is 117 cm³/mol. The molecular formula is C21H17Cl3N2O4. The smallest absolute Gasteiger partial charge is 0.335 e. The topological polar surface area (TPSA) is 75.7 Å². The van der Waals surface area contributed by atoms with Crippen molar-refractivity contribution >= 4 is 64.4 Å². The van der Waals surface area contributed by atoms with Crippen molar-refractivity contribution < 1.29 is 19.1 Å². The fourth-order valence-corrected chi connectivity index (χ4v) is 3.44. The van der Waals surface area contributed by atoms with Crippen LogP contribution in [0.15, 0.2) is 42.0 Å². The first-order chi connectivity index (χ1) is 14.2. The highest BCUT2D eigenvalue weighted by Crippen LogP contribution is 2.35. The Morgan fingerprint density at radius 2 is 1.63 bits per heavy atom. The van der Waals surface area contributed by atoms with Crippen molar-refractivity contribution in [3.05, 3.63) is 62.6 Å². The van der Waals surface area contributed by atoms with Crippen molar-refractivity contribution in [3.63, 3.8) is 0 Å². The van der Waals surface area contributed by atoms with Crippen LogP contribution in [0.5, 0.6) is 5.75 Å². The standard InChI is InChI=1S/C21H17Cl3N2O4/c1-11(2)10-30-18-16(23)8-12(9-17(18)24)7-15-19(27)25-21(29)26(20(15)28)14-5-3-13(22)4-6-14/h3-9,11H,10H2,1-2H3,(H,25,27,29)/b15-7+. The van der Waals surface area contributed by atoms with E-state index in [0.717, 1.165) is 4.90 Å². The monoisotopic (exact) mass is 466 g/mol. The van der Waals surface area contributed by atoms with Crippen molar-refractivity contribution in [3.8, 4) is 5.75 Å². The number of hydrogen-bond donors (Lipinski definition) is 1. The molecule has 1 fully saturated rings. The van der Waals surface area contributed by atoms with E-state index in [4.69, 9.17) is 39.5 Å². The Morgan fingerprint density at radius 1 is 1.03 bits per heavy atom. The normalized spacial score (nSPS) is 15.7. The fraction of sp³-hybridized carbons (Fsp3) is 0.190. The molecule has 2 aromatic rings. The van der Waals surface area contributed by atoms with E-state index in [9.17, 15) is 14.4 Å². The lowest BCUT2D eigenvalue weighted by molar-refractivity contribution is -0.122. The van der Waals surface area contributed by atoms with Gasteiger partial charge in [-0.05, 0) is 54.0 Å². The minimum absolute atomic E-state index is 0.240. The van der Waals surface area contributed by atoms with Gasteiger partial charge in [0.25, 0.3) is 11.8 Å². The van der Waals surface area contributed by atoms with E-state index in [0.29, 0.717) is 22.9 Å². The van der Waals surface area contributed by atoms with Crippen molar-refractivity contribution in [2.24, 2.45) is 5.92 Å². The Kier molecular flexibility index (Phi) is 6.71. The van der Waals surface area contributed by atoms with Gasteiger partial charge >= 0.3 is 6.03 Å². The number of ether oxygens (including phenoxy) is 1. The highest BCUT2D eigenvalue weighted by Gasteiger charge is 2.36. The summed E-state index contributed by atoms with van der Waals surface area (Å²) >= 11 is 18.4. The van der Waals surface area contributed by atoms with Crippen LogP contribution in [0.1, 0.15) is 19.4 Å². The van der Waals surface area contributed by atoms with Gasteiger partial charge in [0.15, 0.2) is 5.75 Å². The lowest BCUT2D eigenvalue weighted by atomic mass is 10.1. The first-order valence-electron chi connectivity index (χ1n) is 8.96. The van der Waals surface area contributed by atoms with Crippen molar-refractivity contribution in [2.45, 2.75) is 13.8 Å². The second-order valence-electron chi connectivity index (χ2n) is 6.95. The van der Waals surface area contributed by atoms with Gasteiger partial charge in [-0.15, -0.1) is 0 Å². The van der Waals surface area contributed by atoms with Gasteiger partial charge in [0.05, 0.1) is 22.3 Å². The minimum atomic E-state index is -0.849. The van der Waals surface area contributed by atoms with E-state index in [-0.39, 0.29) is 27.2 Å². The quantitative estimate of drug-likeness (QED) is 0.475. The predicted octanol–water partition coefficient (Wildman–Crippen LogP) is 5.35. The Morgan fingerprint density at radius 3 is 2.20 bits per heavy atom. The number of benzene rings is 2. The fourth-order valence-electron chi connectivity index (χ4n) is 2.70. The van der Waals surface area contributed by atoms with Crippen LogP contribution in [0.2, 0.25) is 15.1 Å². The molecule has 1 aliphatic rings. The average Bonchev–Trinajstić information content (AvgIpc) is 2.65. The number of hydrogen-bond acceptors (Lipinski definition) is 4. The first kappa shape index (κ1) is 22.2. The van der Waals surface area contributed by atoms with Gasteiger partial charge in [-0.2, -0.15) is 0 Å². The summed E-state index contributed by atoms with van der Waals surface area (Å²) in [6, 6.07) is 8.28. The third-order valence-electron chi connectivity index (χ3n) is 4.08. The molecule has 0 bridgehead atoms. The molecule has 30 heavy (non-hydrogen) atoms. The number of barbiturate groups is 1. The molecule has 0 aromatic heterocycles. The number of nitrogens with one attached hydrogen (secondary N) is 1. The van der Waals surface area contributed by atoms with Crippen molar-refractivity contribution in [1.82, 2.24) is 5.32 Å². The first-order valence-corrected chi connectivity index (χ1v) is 10.1. The van der Waals surface area contributed by atoms with Crippen LogP contribution in [0.25, 0.3) is 6.08 Å². The number of nitrogens with zero attached hydrogens (tertiary/aromatic N) is 1. The molecule has 3 rings (SSSR count). The van der Waals surface area contributed by atoms with Crippen LogP contribution in [0.4, 0.5) is 10.5 Å². The summed E-state index contributed by atoms with van der Waals surface area (Å²) in [5.41, 5.74) is 0.437. The summed E-state index contributed by atoms with van der Waals surface area (Å²) in [5, 5.41) is 3.08. The molecule has 0 aliphatic carbocycles. The van der Waals surface area contributed by atoms with Gasteiger partial charge in [-0.1, -0.05) is 48.7 Å². The SMILES string of the molecule is CC(C)COc1c(Cl)cc(/C=C2\C(=O)NC(=O)N(c3ccc(Cl)cc3)C2=O)cc1Cl. The Bertz CT molecular complexity index is 1030. The van der Waals surface area contributed by atoms with Gasteiger partial charge in [0.2, 0.25) is 0 Å². The van der Waals surface area contributed by atoms with Crippen LogP contribution in [-0.4, -0.2) is 24.5 Å². The Hall–Kier alpha value is -2.54. The van der Waals surface area contributed by atoms with Gasteiger partial charge < -0.3 is 4.74 Å². The van der Waals surface area contributed by atoms with Gasteiger partial charge in [-0.25, -0.2) is 9.69 Å². The molecule has 0 unspecified atom stereocenters. The van der Waals surface area contributed by atoms with Crippen molar-refractivity contribution in [2.75, 3.05) is 11.5 Å². The highest BCUT2D eigenvalue weighted by atomic mass is 35.5. The molecule has 6 nitrogen and oxygen atoms in total. The largest absolute Gasteiger partial charge is 0.490 e. The molecule has 1 N–H and O–H groups in total. The number of rotatable bonds is 5.